The van der Waals surface area contributed by atoms with E-state index < -0.39 is 0 Å². The van der Waals surface area contributed by atoms with E-state index in [-0.39, 0.29) is 0 Å². The molecule has 1 atom stereocenters. The van der Waals surface area contributed by atoms with Crippen molar-refractivity contribution in [2.75, 3.05) is 0 Å². The molecule has 5 rings (SSSR count). The molecule has 0 radical (unpaired) electrons. The molecule has 4 saturated carbocycles. The smallest absolute Gasteiger partial charge is 0.0538 e. The second kappa shape index (κ2) is 4.32. The molecule has 4 heteroatoms. The standard InChI is InChI=1S/C15H24N4/c1-19-8-13(7-17-19)15(18-16)14-11-3-9-2-10(5-11)6-12(14)4-9/h7-12,14-15,18H,2-6,16H2,1H3. The summed E-state index contributed by atoms with van der Waals surface area (Å²) in [5.41, 5.74) is 4.37. The van der Waals surface area contributed by atoms with Crippen LogP contribution in [0.5, 0.6) is 0 Å². The van der Waals surface area contributed by atoms with E-state index in [0.717, 1.165) is 29.6 Å². The Morgan fingerprint density at radius 3 is 2.32 bits per heavy atom. The maximum atomic E-state index is 5.91. The van der Waals surface area contributed by atoms with E-state index in [4.69, 9.17) is 5.84 Å². The van der Waals surface area contributed by atoms with Gasteiger partial charge in [0.25, 0.3) is 0 Å². The Morgan fingerprint density at radius 1 is 1.21 bits per heavy atom. The Bertz CT molecular complexity index is 438. The molecule has 19 heavy (non-hydrogen) atoms. The van der Waals surface area contributed by atoms with Gasteiger partial charge in [0.1, 0.15) is 0 Å². The lowest BCUT2D eigenvalue weighted by Gasteiger charge is -2.56. The predicted molar refractivity (Wildman–Crippen MR) is 73.8 cm³/mol. The molecule has 4 bridgehead atoms. The van der Waals surface area contributed by atoms with Gasteiger partial charge in [-0.25, -0.2) is 0 Å². The SMILES string of the molecule is Cn1cc(C(NN)C2C3CC4CC(C3)CC2C4)cn1. The van der Waals surface area contributed by atoms with Gasteiger partial charge in [-0.05, 0) is 61.7 Å². The van der Waals surface area contributed by atoms with Crippen molar-refractivity contribution in [3.8, 4) is 0 Å². The maximum absolute atomic E-state index is 5.91. The first-order valence-electron chi connectivity index (χ1n) is 7.69. The van der Waals surface area contributed by atoms with Gasteiger partial charge in [0.05, 0.1) is 12.2 Å². The first-order chi connectivity index (χ1) is 9.24. The second-order valence-electron chi connectivity index (χ2n) is 7.10. The predicted octanol–water partition coefficient (Wildman–Crippen LogP) is 2.00. The monoisotopic (exact) mass is 260 g/mol. The van der Waals surface area contributed by atoms with Crippen molar-refractivity contribution in [2.24, 2.45) is 42.5 Å². The fourth-order valence-electron chi connectivity index (χ4n) is 5.54. The van der Waals surface area contributed by atoms with Gasteiger partial charge in [-0.15, -0.1) is 0 Å². The van der Waals surface area contributed by atoms with Gasteiger partial charge in [0.15, 0.2) is 0 Å². The number of nitrogens with two attached hydrogens (primary N) is 1. The minimum absolute atomic E-state index is 0.295. The van der Waals surface area contributed by atoms with Crippen LogP contribution in [0.3, 0.4) is 0 Å². The molecule has 0 saturated heterocycles. The highest BCUT2D eigenvalue weighted by atomic mass is 15.3. The van der Waals surface area contributed by atoms with Crippen LogP contribution in [0.25, 0.3) is 0 Å². The topological polar surface area (TPSA) is 55.9 Å². The van der Waals surface area contributed by atoms with E-state index in [1.807, 2.05) is 17.9 Å². The summed E-state index contributed by atoms with van der Waals surface area (Å²) in [7, 11) is 1.98. The lowest BCUT2D eigenvalue weighted by Crippen LogP contribution is -2.50. The van der Waals surface area contributed by atoms with Crippen LogP contribution < -0.4 is 11.3 Å². The highest BCUT2D eigenvalue weighted by Gasteiger charge is 2.50. The number of hydrogen-bond donors (Lipinski definition) is 2. The minimum Gasteiger partial charge on any atom is -0.275 e. The zero-order valence-electron chi connectivity index (χ0n) is 11.6. The van der Waals surface area contributed by atoms with Crippen LogP contribution in [0.2, 0.25) is 0 Å². The van der Waals surface area contributed by atoms with Crippen LogP contribution in [0.4, 0.5) is 0 Å². The lowest BCUT2D eigenvalue weighted by molar-refractivity contribution is -0.0525. The molecule has 4 aliphatic carbocycles. The van der Waals surface area contributed by atoms with Crippen molar-refractivity contribution in [1.82, 2.24) is 15.2 Å². The van der Waals surface area contributed by atoms with E-state index in [1.54, 1.807) is 0 Å². The van der Waals surface area contributed by atoms with Crippen molar-refractivity contribution in [2.45, 2.75) is 38.1 Å². The zero-order chi connectivity index (χ0) is 13.0. The first-order valence-corrected chi connectivity index (χ1v) is 7.69. The second-order valence-corrected chi connectivity index (χ2v) is 7.10. The van der Waals surface area contributed by atoms with Gasteiger partial charge in [-0.2, -0.15) is 5.10 Å². The van der Waals surface area contributed by atoms with E-state index in [0.29, 0.717) is 6.04 Å². The summed E-state index contributed by atoms with van der Waals surface area (Å²) in [6.07, 6.45) is 11.4. The van der Waals surface area contributed by atoms with E-state index in [9.17, 15) is 0 Å². The van der Waals surface area contributed by atoms with E-state index >= 15 is 0 Å². The van der Waals surface area contributed by atoms with Crippen LogP contribution >= 0.6 is 0 Å². The molecule has 0 aliphatic heterocycles. The van der Waals surface area contributed by atoms with E-state index in [1.165, 1.54) is 37.7 Å². The third kappa shape index (κ3) is 1.84. The maximum Gasteiger partial charge on any atom is 0.0538 e. The van der Waals surface area contributed by atoms with Gasteiger partial charge in [0.2, 0.25) is 0 Å². The van der Waals surface area contributed by atoms with Crippen LogP contribution in [-0.2, 0) is 7.05 Å². The number of rotatable bonds is 3. The summed E-state index contributed by atoms with van der Waals surface area (Å²) < 4.78 is 1.88. The largest absolute Gasteiger partial charge is 0.275 e. The van der Waals surface area contributed by atoms with E-state index in [2.05, 4.69) is 16.7 Å². The summed E-state index contributed by atoms with van der Waals surface area (Å²) in [6, 6.07) is 0.295. The van der Waals surface area contributed by atoms with Crippen LogP contribution in [-0.4, -0.2) is 9.78 Å². The lowest BCUT2D eigenvalue weighted by atomic mass is 9.50. The fourth-order valence-corrected chi connectivity index (χ4v) is 5.54. The summed E-state index contributed by atoms with van der Waals surface area (Å²) in [4.78, 5) is 0. The normalized spacial score (nSPS) is 41.7. The molecule has 4 nitrogen and oxygen atoms in total. The van der Waals surface area contributed by atoms with Crippen molar-refractivity contribution in [3.63, 3.8) is 0 Å². The average Bonchev–Trinajstić information content (AvgIpc) is 2.79. The highest BCUT2D eigenvalue weighted by Crippen LogP contribution is 2.59. The number of hydrogen-bond acceptors (Lipinski definition) is 3. The fraction of sp³-hybridized carbons (Fsp3) is 0.800. The third-order valence-corrected chi connectivity index (χ3v) is 5.95. The summed E-state index contributed by atoms with van der Waals surface area (Å²) in [6.45, 7) is 0. The molecule has 4 aliphatic rings. The average molecular weight is 260 g/mol. The Hall–Kier alpha value is -0.870. The molecular formula is C15H24N4. The summed E-state index contributed by atoms with van der Waals surface area (Å²) in [5, 5.41) is 4.32. The van der Waals surface area contributed by atoms with Gasteiger partial charge in [-0.1, -0.05) is 0 Å². The Kier molecular flexibility index (Phi) is 2.71. The van der Waals surface area contributed by atoms with Gasteiger partial charge >= 0.3 is 0 Å². The van der Waals surface area contributed by atoms with Gasteiger partial charge in [0, 0.05) is 18.8 Å². The number of hydrazine groups is 1. The molecule has 104 valence electrons. The third-order valence-electron chi connectivity index (χ3n) is 5.95. The quantitative estimate of drug-likeness (QED) is 0.645. The number of aromatic nitrogens is 2. The Morgan fingerprint density at radius 2 is 1.84 bits per heavy atom. The molecule has 0 aromatic carbocycles. The zero-order valence-corrected chi connectivity index (χ0v) is 11.6. The summed E-state index contributed by atoms with van der Waals surface area (Å²) >= 11 is 0. The minimum atomic E-state index is 0.295. The van der Waals surface area contributed by atoms with Crippen molar-refractivity contribution in [3.05, 3.63) is 18.0 Å². The van der Waals surface area contributed by atoms with Crippen molar-refractivity contribution >= 4 is 0 Å². The summed E-state index contributed by atoms with van der Waals surface area (Å²) in [5.74, 6) is 10.4. The van der Waals surface area contributed by atoms with Crippen molar-refractivity contribution < 1.29 is 0 Å². The molecule has 4 fully saturated rings. The molecular weight excluding hydrogens is 236 g/mol. The molecule has 1 heterocycles. The highest BCUT2D eigenvalue weighted by molar-refractivity contribution is 5.15. The first kappa shape index (κ1) is 11.9. The molecule has 3 N–H and O–H groups in total. The molecule has 0 spiro atoms. The Labute approximate surface area is 114 Å². The molecule has 1 aromatic heterocycles. The van der Waals surface area contributed by atoms with Gasteiger partial charge in [-0.3, -0.25) is 16.0 Å². The van der Waals surface area contributed by atoms with Crippen LogP contribution in [0, 0.1) is 29.6 Å². The molecule has 0 amide bonds. The number of nitrogens with one attached hydrogen (secondary N) is 1. The molecule has 1 unspecified atom stereocenters. The van der Waals surface area contributed by atoms with Crippen LogP contribution in [0.15, 0.2) is 12.4 Å². The van der Waals surface area contributed by atoms with Gasteiger partial charge < -0.3 is 0 Å². The number of aryl methyl sites for hydroxylation is 1. The number of nitrogens with zero attached hydrogens (tertiary/aromatic N) is 2. The van der Waals surface area contributed by atoms with Crippen LogP contribution in [0.1, 0.15) is 43.7 Å². The van der Waals surface area contributed by atoms with Crippen molar-refractivity contribution in [1.29, 1.82) is 0 Å². The Balaban J connectivity index is 1.63. The molecule has 1 aromatic rings.